The molecular weight excluding hydrogens is 364 g/mol. The molecule has 2 rings (SSSR count). The monoisotopic (exact) mass is 386 g/mol. The lowest BCUT2D eigenvalue weighted by molar-refractivity contribution is 0.0435. The second-order valence-corrected chi connectivity index (χ2v) is 7.83. The van der Waals surface area contributed by atoms with Crippen molar-refractivity contribution in [3.63, 3.8) is 0 Å². The molecule has 0 spiro atoms. The Kier molecular flexibility index (Phi) is 6.97. The van der Waals surface area contributed by atoms with Gasteiger partial charge in [-0.3, -0.25) is 4.31 Å². The number of hydrogen-bond acceptors (Lipinski definition) is 5. The summed E-state index contributed by atoms with van der Waals surface area (Å²) in [7, 11) is -3.86. The molecule has 0 bridgehead atoms. The van der Waals surface area contributed by atoms with Gasteiger partial charge in [0.25, 0.3) is 10.0 Å². The first-order valence-electron chi connectivity index (χ1n) is 8.68. The smallest absolute Gasteiger partial charge is 0.339 e. The number of unbranched alkanes of at least 4 members (excludes halogenated alkanes) is 1. The number of nitrogens with zero attached hydrogens (tertiary/aromatic N) is 2. The first-order valence-corrected chi connectivity index (χ1v) is 10.1. The van der Waals surface area contributed by atoms with Crippen LogP contribution in [0, 0.1) is 11.3 Å². The summed E-state index contributed by atoms with van der Waals surface area (Å²) >= 11 is 0. The Hall–Kier alpha value is -2.85. The van der Waals surface area contributed by atoms with Crippen LogP contribution in [0.4, 0.5) is 5.69 Å². The first-order chi connectivity index (χ1) is 12.9. The van der Waals surface area contributed by atoms with E-state index in [1.54, 1.807) is 30.3 Å². The molecule has 27 heavy (non-hydrogen) atoms. The average Bonchev–Trinajstić information content (AvgIpc) is 2.69. The van der Waals surface area contributed by atoms with Gasteiger partial charge in [0, 0.05) is 6.54 Å². The standard InChI is InChI=1S/C20H22N2O4S/c1-3-4-13-22(18-10-6-5-7-11-18)27(24,25)19-12-8-9-17(14-19)20(23)26-16(2)15-21/h5-12,14,16H,3-4,13H2,1-2H3/t16-/m0/s1. The molecule has 142 valence electrons. The summed E-state index contributed by atoms with van der Waals surface area (Å²) in [5.74, 6) is -0.735. The Labute approximate surface area is 160 Å². The van der Waals surface area contributed by atoms with E-state index < -0.39 is 22.1 Å². The summed E-state index contributed by atoms with van der Waals surface area (Å²) in [4.78, 5) is 12.1. The molecule has 0 fully saturated rings. The van der Waals surface area contributed by atoms with Gasteiger partial charge in [0.05, 0.1) is 16.1 Å². The lowest BCUT2D eigenvalue weighted by Gasteiger charge is -2.24. The van der Waals surface area contributed by atoms with Crippen LogP contribution in [0.5, 0.6) is 0 Å². The molecule has 0 radical (unpaired) electrons. The first kappa shape index (κ1) is 20.5. The van der Waals surface area contributed by atoms with Crippen molar-refractivity contribution in [2.24, 2.45) is 0 Å². The maximum absolute atomic E-state index is 13.2. The molecule has 0 N–H and O–H groups in total. The SMILES string of the molecule is CCCCN(c1ccccc1)S(=O)(=O)c1cccc(C(=O)O[C@@H](C)C#N)c1. The van der Waals surface area contributed by atoms with Crippen molar-refractivity contribution in [1.82, 2.24) is 0 Å². The minimum Gasteiger partial charge on any atom is -0.444 e. The maximum Gasteiger partial charge on any atom is 0.339 e. The molecule has 1 atom stereocenters. The Bertz CT molecular complexity index is 920. The highest BCUT2D eigenvalue weighted by molar-refractivity contribution is 7.92. The van der Waals surface area contributed by atoms with E-state index in [0.29, 0.717) is 18.7 Å². The van der Waals surface area contributed by atoms with Crippen LogP contribution in [0.15, 0.2) is 59.5 Å². The average molecular weight is 386 g/mol. The lowest BCUT2D eigenvalue weighted by atomic mass is 10.2. The molecule has 7 heteroatoms. The number of carbonyl (C=O) groups is 1. The second kappa shape index (κ2) is 9.19. The lowest BCUT2D eigenvalue weighted by Crippen LogP contribution is -2.32. The fourth-order valence-corrected chi connectivity index (χ4v) is 4.00. The highest BCUT2D eigenvalue weighted by Crippen LogP contribution is 2.25. The van der Waals surface area contributed by atoms with Crippen molar-refractivity contribution in [3.05, 3.63) is 60.2 Å². The summed E-state index contributed by atoms with van der Waals surface area (Å²) < 4.78 is 32.7. The molecule has 0 saturated heterocycles. The van der Waals surface area contributed by atoms with Crippen molar-refractivity contribution < 1.29 is 17.9 Å². The zero-order chi connectivity index (χ0) is 19.9. The predicted molar refractivity (Wildman–Crippen MR) is 103 cm³/mol. The molecule has 0 aliphatic rings. The van der Waals surface area contributed by atoms with Gasteiger partial charge < -0.3 is 4.74 Å². The molecule has 0 heterocycles. The van der Waals surface area contributed by atoms with Crippen LogP contribution in [-0.2, 0) is 14.8 Å². The zero-order valence-electron chi connectivity index (χ0n) is 15.3. The molecule has 0 saturated carbocycles. The van der Waals surface area contributed by atoms with Crippen LogP contribution in [0.25, 0.3) is 0 Å². The highest BCUT2D eigenvalue weighted by atomic mass is 32.2. The fraction of sp³-hybridized carbons (Fsp3) is 0.300. The third-order valence-electron chi connectivity index (χ3n) is 3.88. The molecule has 0 amide bonds. The molecule has 6 nitrogen and oxygen atoms in total. The van der Waals surface area contributed by atoms with Gasteiger partial charge in [-0.15, -0.1) is 0 Å². The number of nitriles is 1. The van der Waals surface area contributed by atoms with Gasteiger partial charge in [-0.25, -0.2) is 13.2 Å². The number of ether oxygens (including phenoxy) is 1. The van der Waals surface area contributed by atoms with Gasteiger partial charge in [0.15, 0.2) is 6.10 Å². The van der Waals surface area contributed by atoms with Crippen LogP contribution in [-0.4, -0.2) is 27.0 Å². The van der Waals surface area contributed by atoms with Gasteiger partial charge in [-0.1, -0.05) is 37.6 Å². The van der Waals surface area contributed by atoms with Crippen molar-refractivity contribution in [2.45, 2.75) is 37.7 Å². The van der Waals surface area contributed by atoms with E-state index in [2.05, 4.69) is 0 Å². The largest absolute Gasteiger partial charge is 0.444 e. The van der Waals surface area contributed by atoms with E-state index in [-0.39, 0.29) is 10.5 Å². The van der Waals surface area contributed by atoms with E-state index >= 15 is 0 Å². The summed E-state index contributed by atoms with van der Waals surface area (Å²) in [5.41, 5.74) is 0.652. The Balaban J connectivity index is 2.40. The highest BCUT2D eigenvalue weighted by Gasteiger charge is 2.25. The number of hydrogen-bond donors (Lipinski definition) is 0. The number of benzene rings is 2. The van der Waals surface area contributed by atoms with E-state index in [1.807, 2.05) is 13.0 Å². The van der Waals surface area contributed by atoms with E-state index in [0.717, 1.165) is 6.42 Å². The second-order valence-electron chi connectivity index (χ2n) is 5.97. The molecular formula is C20H22N2O4S. The number of para-hydroxylation sites is 1. The number of sulfonamides is 1. The fourth-order valence-electron chi connectivity index (χ4n) is 2.45. The van der Waals surface area contributed by atoms with Crippen LogP contribution in [0.2, 0.25) is 0 Å². The van der Waals surface area contributed by atoms with Crippen LogP contribution >= 0.6 is 0 Å². The molecule has 0 unspecified atom stereocenters. The number of rotatable bonds is 8. The van der Waals surface area contributed by atoms with Crippen molar-refractivity contribution in [3.8, 4) is 6.07 Å². The van der Waals surface area contributed by atoms with E-state index in [9.17, 15) is 13.2 Å². The third kappa shape index (κ3) is 5.08. The van der Waals surface area contributed by atoms with Gasteiger partial charge in [-0.05, 0) is 43.7 Å². The molecule has 0 aliphatic heterocycles. The van der Waals surface area contributed by atoms with Gasteiger partial charge in [0.1, 0.15) is 6.07 Å². The zero-order valence-corrected chi connectivity index (χ0v) is 16.1. The Morgan fingerprint density at radius 3 is 2.52 bits per heavy atom. The van der Waals surface area contributed by atoms with Gasteiger partial charge >= 0.3 is 5.97 Å². The minimum absolute atomic E-state index is 0.00140. The third-order valence-corrected chi connectivity index (χ3v) is 5.71. The Morgan fingerprint density at radius 2 is 1.89 bits per heavy atom. The van der Waals surface area contributed by atoms with Crippen LogP contribution in [0.1, 0.15) is 37.0 Å². The van der Waals surface area contributed by atoms with E-state index in [4.69, 9.17) is 10.00 Å². The van der Waals surface area contributed by atoms with Crippen molar-refractivity contribution >= 4 is 21.7 Å². The normalized spacial score (nSPS) is 12.0. The molecule has 2 aromatic rings. The van der Waals surface area contributed by atoms with Crippen molar-refractivity contribution in [2.75, 3.05) is 10.8 Å². The summed E-state index contributed by atoms with van der Waals surface area (Å²) in [6, 6.07) is 16.3. The summed E-state index contributed by atoms with van der Waals surface area (Å²) in [6.07, 6.45) is 0.635. The maximum atomic E-state index is 13.2. The molecule has 0 aromatic heterocycles. The number of anilines is 1. The summed E-state index contributed by atoms with van der Waals surface area (Å²) in [5, 5.41) is 8.77. The quantitative estimate of drug-likeness (QED) is 0.645. The minimum atomic E-state index is -3.86. The molecule has 2 aromatic carbocycles. The number of carbonyl (C=O) groups excluding carboxylic acids is 1. The van der Waals surface area contributed by atoms with Gasteiger partial charge in [0.2, 0.25) is 0 Å². The van der Waals surface area contributed by atoms with Crippen LogP contribution in [0.3, 0.4) is 0 Å². The number of esters is 1. The van der Waals surface area contributed by atoms with Crippen LogP contribution < -0.4 is 4.31 Å². The predicted octanol–water partition coefficient (Wildman–Crippen LogP) is 3.75. The van der Waals surface area contributed by atoms with Gasteiger partial charge in [-0.2, -0.15) is 5.26 Å². The molecule has 0 aliphatic carbocycles. The van der Waals surface area contributed by atoms with E-state index in [1.165, 1.54) is 35.5 Å². The Morgan fingerprint density at radius 1 is 1.19 bits per heavy atom. The topological polar surface area (TPSA) is 87.5 Å². The van der Waals surface area contributed by atoms with Crippen molar-refractivity contribution in [1.29, 1.82) is 5.26 Å². The summed E-state index contributed by atoms with van der Waals surface area (Å²) in [6.45, 7) is 3.77.